The number of piperidine rings is 1. The van der Waals surface area contributed by atoms with Gasteiger partial charge in [0.15, 0.2) is 0 Å². The zero-order valence-electron chi connectivity index (χ0n) is 15.7. The smallest absolute Gasteiger partial charge is 0.271 e. The molecule has 7 nitrogen and oxygen atoms in total. The van der Waals surface area contributed by atoms with E-state index in [2.05, 4.69) is 38.6 Å². The molecule has 27 heavy (non-hydrogen) atoms. The predicted molar refractivity (Wildman–Crippen MR) is 102 cm³/mol. The first kappa shape index (κ1) is 17.5. The van der Waals surface area contributed by atoms with Crippen molar-refractivity contribution < 1.29 is 4.79 Å². The lowest BCUT2D eigenvalue weighted by molar-refractivity contribution is 0.0697. The number of likely N-dealkylation sites (tertiary alicyclic amines) is 1. The van der Waals surface area contributed by atoms with Crippen LogP contribution in [0.15, 0.2) is 43.0 Å². The first-order chi connectivity index (χ1) is 13.1. The highest BCUT2D eigenvalue weighted by molar-refractivity contribution is 5.93. The summed E-state index contributed by atoms with van der Waals surface area (Å²) in [7, 11) is 0. The summed E-state index contributed by atoms with van der Waals surface area (Å²) in [5.74, 6) is 1.34. The van der Waals surface area contributed by atoms with Gasteiger partial charge in [-0.05, 0) is 44.9 Å². The van der Waals surface area contributed by atoms with Crippen molar-refractivity contribution in [2.75, 3.05) is 13.1 Å². The van der Waals surface area contributed by atoms with Crippen LogP contribution in [0.5, 0.6) is 0 Å². The molecule has 1 fully saturated rings. The van der Waals surface area contributed by atoms with Crippen molar-refractivity contribution in [3.63, 3.8) is 0 Å². The average Bonchev–Trinajstić information content (AvgIpc) is 3.38. The molecule has 0 aromatic carbocycles. The Bertz CT molecular complexity index is 913. The van der Waals surface area contributed by atoms with Gasteiger partial charge in [0.1, 0.15) is 11.5 Å². The van der Waals surface area contributed by atoms with Gasteiger partial charge in [-0.1, -0.05) is 0 Å². The molecule has 3 aromatic heterocycles. The van der Waals surface area contributed by atoms with E-state index in [0.29, 0.717) is 18.3 Å². The molecule has 1 amide bonds. The van der Waals surface area contributed by atoms with E-state index in [4.69, 9.17) is 0 Å². The van der Waals surface area contributed by atoms with E-state index >= 15 is 0 Å². The second kappa shape index (κ2) is 7.34. The molecule has 0 radical (unpaired) electrons. The fourth-order valence-electron chi connectivity index (χ4n) is 3.72. The van der Waals surface area contributed by atoms with Crippen molar-refractivity contribution in [3.8, 4) is 11.3 Å². The van der Waals surface area contributed by atoms with Gasteiger partial charge >= 0.3 is 0 Å². The maximum Gasteiger partial charge on any atom is 0.271 e. The highest BCUT2D eigenvalue weighted by Gasteiger charge is 2.29. The molecule has 0 saturated carbocycles. The van der Waals surface area contributed by atoms with Crippen LogP contribution in [0.25, 0.3) is 11.3 Å². The van der Waals surface area contributed by atoms with Gasteiger partial charge in [-0.15, -0.1) is 0 Å². The van der Waals surface area contributed by atoms with Gasteiger partial charge in [0, 0.05) is 55.4 Å². The van der Waals surface area contributed by atoms with Crippen molar-refractivity contribution in [2.24, 2.45) is 0 Å². The average molecular weight is 364 g/mol. The Hall–Kier alpha value is -2.96. The lowest BCUT2D eigenvalue weighted by Gasteiger charge is -2.32. The standard InChI is InChI=1S/C20H24N6O/c1-14(2)26-11-9-22-19(26)16-4-3-10-25(13-16)20(27)18-12-17(23-24-18)15-5-7-21-8-6-15/h5-9,11-12,14,16H,3-4,10,13H2,1-2H3,(H,23,24). The normalized spacial score (nSPS) is 17.4. The Kier molecular flexibility index (Phi) is 4.75. The van der Waals surface area contributed by atoms with Crippen LogP contribution in [-0.2, 0) is 0 Å². The van der Waals surface area contributed by atoms with Gasteiger partial charge in [0.2, 0.25) is 0 Å². The summed E-state index contributed by atoms with van der Waals surface area (Å²) in [5, 5.41) is 7.19. The molecule has 3 aromatic rings. The molecule has 0 bridgehead atoms. The third-order valence-electron chi connectivity index (χ3n) is 5.11. The highest BCUT2D eigenvalue weighted by Crippen LogP contribution is 2.28. The minimum Gasteiger partial charge on any atom is -0.337 e. The van der Waals surface area contributed by atoms with Crippen LogP contribution in [-0.4, -0.2) is 48.6 Å². The summed E-state index contributed by atoms with van der Waals surface area (Å²) in [4.78, 5) is 23.5. The number of imidazole rings is 1. The lowest BCUT2D eigenvalue weighted by atomic mass is 9.96. The van der Waals surface area contributed by atoms with E-state index in [1.807, 2.05) is 35.5 Å². The second-order valence-electron chi connectivity index (χ2n) is 7.28. The number of carbonyl (C=O) groups excluding carboxylic acids is 1. The molecule has 1 aliphatic heterocycles. The number of hydrogen-bond acceptors (Lipinski definition) is 4. The molecule has 1 unspecified atom stereocenters. The maximum atomic E-state index is 13.0. The molecule has 140 valence electrons. The van der Waals surface area contributed by atoms with E-state index in [-0.39, 0.29) is 11.8 Å². The van der Waals surface area contributed by atoms with Crippen molar-refractivity contribution in [3.05, 3.63) is 54.5 Å². The van der Waals surface area contributed by atoms with Gasteiger partial charge in [-0.3, -0.25) is 14.9 Å². The molecule has 4 rings (SSSR count). The molecule has 1 N–H and O–H groups in total. The summed E-state index contributed by atoms with van der Waals surface area (Å²) in [6.45, 7) is 5.76. The quantitative estimate of drug-likeness (QED) is 0.770. The zero-order chi connectivity index (χ0) is 18.8. The lowest BCUT2D eigenvalue weighted by Crippen LogP contribution is -2.40. The van der Waals surface area contributed by atoms with E-state index in [1.165, 1.54) is 0 Å². The Balaban J connectivity index is 1.51. The number of amides is 1. The summed E-state index contributed by atoms with van der Waals surface area (Å²) in [6, 6.07) is 5.94. The van der Waals surface area contributed by atoms with E-state index < -0.39 is 0 Å². The summed E-state index contributed by atoms with van der Waals surface area (Å²) in [5.41, 5.74) is 2.22. The Morgan fingerprint density at radius 2 is 2.07 bits per heavy atom. The Morgan fingerprint density at radius 1 is 1.26 bits per heavy atom. The summed E-state index contributed by atoms with van der Waals surface area (Å²) >= 11 is 0. The van der Waals surface area contributed by atoms with Gasteiger partial charge in [-0.25, -0.2) is 4.98 Å². The van der Waals surface area contributed by atoms with Gasteiger partial charge in [-0.2, -0.15) is 5.10 Å². The van der Waals surface area contributed by atoms with Gasteiger partial charge in [0.05, 0.1) is 5.69 Å². The fraction of sp³-hybridized carbons (Fsp3) is 0.400. The predicted octanol–water partition coefficient (Wildman–Crippen LogP) is 3.27. The molecular formula is C20H24N6O. The maximum absolute atomic E-state index is 13.0. The molecule has 4 heterocycles. The monoisotopic (exact) mass is 364 g/mol. The van der Waals surface area contributed by atoms with Crippen molar-refractivity contribution in [2.45, 2.75) is 38.6 Å². The number of carbonyl (C=O) groups is 1. The second-order valence-corrected chi connectivity index (χ2v) is 7.28. The number of pyridine rings is 1. The minimum absolute atomic E-state index is 0.00448. The summed E-state index contributed by atoms with van der Waals surface area (Å²) in [6.07, 6.45) is 9.35. The molecule has 7 heteroatoms. The number of hydrogen-bond donors (Lipinski definition) is 1. The number of rotatable bonds is 4. The van der Waals surface area contributed by atoms with E-state index in [1.54, 1.807) is 12.4 Å². The number of H-pyrrole nitrogens is 1. The highest BCUT2D eigenvalue weighted by atomic mass is 16.2. The van der Waals surface area contributed by atoms with Crippen LogP contribution >= 0.6 is 0 Å². The zero-order valence-corrected chi connectivity index (χ0v) is 15.7. The van der Waals surface area contributed by atoms with Gasteiger partial charge < -0.3 is 9.47 Å². The van der Waals surface area contributed by atoms with Crippen LogP contribution in [0.2, 0.25) is 0 Å². The van der Waals surface area contributed by atoms with E-state index in [0.717, 1.165) is 36.5 Å². The Morgan fingerprint density at radius 3 is 2.85 bits per heavy atom. The van der Waals surface area contributed by atoms with Crippen LogP contribution in [0.4, 0.5) is 0 Å². The third-order valence-corrected chi connectivity index (χ3v) is 5.11. The molecule has 0 spiro atoms. The van der Waals surface area contributed by atoms with E-state index in [9.17, 15) is 4.79 Å². The third kappa shape index (κ3) is 3.49. The largest absolute Gasteiger partial charge is 0.337 e. The van der Waals surface area contributed by atoms with Crippen molar-refractivity contribution in [1.82, 2.24) is 29.6 Å². The van der Waals surface area contributed by atoms with Crippen molar-refractivity contribution >= 4 is 5.91 Å². The van der Waals surface area contributed by atoms with Crippen LogP contribution < -0.4 is 0 Å². The van der Waals surface area contributed by atoms with Gasteiger partial charge in [0.25, 0.3) is 5.91 Å². The number of aromatic amines is 1. The minimum atomic E-state index is -0.00448. The topological polar surface area (TPSA) is 79.7 Å². The fourth-order valence-corrected chi connectivity index (χ4v) is 3.72. The SMILES string of the molecule is CC(C)n1ccnc1C1CCCN(C(=O)c2cc(-c3ccncc3)n[nH]2)C1. The molecular weight excluding hydrogens is 340 g/mol. The molecule has 1 saturated heterocycles. The molecule has 0 aliphatic carbocycles. The molecule has 1 atom stereocenters. The van der Waals surface area contributed by atoms with Crippen LogP contribution in [0, 0.1) is 0 Å². The van der Waals surface area contributed by atoms with Crippen LogP contribution in [0.1, 0.15) is 55.0 Å². The Labute approximate surface area is 158 Å². The number of nitrogens with one attached hydrogen (secondary N) is 1. The number of nitrogens with zero attached hydrogens (tertiary/aromatic N) is 5. The van der Waals surface area contributed by atoms with Crippen LogP contribution in [0.3, 0.4) is 0 Å². The molecule has 1 aliphatic rings. The van der Waals surface area contributed by atoms with Crippen molar-refractivity contribution in [1.29, 1.82) is 0 Å². The first-order valence-corrected chi connectivity index (χ1v) is 9.41. The number of aromatic nitrogens is 5. The summed E-state index contributed by atoms with van der Waals surface area (Å²) < 4.78 is 2.20. The first-order valence-electron chi connectivity index (χ1n) is 9.41.